The molecule has 0 spiro atoms. The second-order valence-corrected chi connectivity index (χ2v) is 9.49. The van der Waals surface area contributed by atoms with Gasteiger partial charge in [0.2, 0.25) is 5.91 Å². The van der Waals surface area contributed by atoms with Crippen LogP contribution >= 0.6 is 0 Å². The lowest BCUT2D eigenvalue weighted by Gasteiger charge is -2.36. The molecule has 35 heavy (non-hydrogen) atoms. The molecular weight excluding hydrogens is 442 g/mol. The molecule has 9 nitrogen and oxygen atoms in total. The Balaban J connectivity index is 1.28. The minimum Gasteiger partial charge on any atom is -0.494 e. The van der Waals surface area contributed by atoms with Crippen molar-refractivity contribution in [3.05, 3.63) is 48.6 Å². The molecule has 0 radical (unpaired) electrons. The number of ether oxygens (including phenoxy) is 1. The molecule has 1 N–H and O–H groups in total. The fourth-order valence-corrected chi connectivity index (χ4v) is 5.72. The monoisotopic (exact) mass is 473 g/mol. The first-order valence-electron chi connectivity index (χ1n) is 12.2. The quantitative estimate of drug-likeness (QED) is 0.552. The third kappa shape index (κ3) is 4.30. The van der Waals surface area contributed by atoms with Gasteiger partial charge in [-0.05, 0) is 51.2 Å². The molecule has 9 heteroatoms. The zero-order chi connectivity index (χ0) is 24.5. The number of carbonyl (C=O) groups excluding carboxylic acids is 1. The number of nitrogens with zero attached hydrogens (tertiary/aromatic N) is 6. The summed E-state index contributed by atoms with van der Waals surface area (Å²) in [6.45, 7) is 7.74. The number of methoxy groups -OCH3 is 1. The van der Waals surface area contributed by atoms with E-state index in [0.717, 1.165) is 62.0 Å². The van der Waals surface area contributed by atoms with E-state index in [4.69, 9.17) is 9.84 Å². The van der Waals surface area contributed by atoms with Gasteiger partial charge in [0.25, 0.3) is 0 Å². The Morgan fingerprint density at radius 3 is 2.74 bits per heavy atom. The average molecular weight is 474 g/mol. The predicted octanol–water partition coefficient (Wildman–Crippen LogP) is 3.25. The lowest BCUT2D eigenvalue weighted by atomic mass is 10.0. The molecule has 4 heterocycles. The maximum atomic E-state index is 11.6. The van der Waals surface area contributed by atoms with Gasteiger partial charge < -0.3 is 15.0 Å². The van der Waals surface area contributed by atoms with Gasteiger partial charge >= 0.3 is 0 Å². The molecule has 182 valence electrons. The Morgan fingerprint density at radius 2 is 2.03 bits per heavy atom. The SMILES string of the molecule is C=CC(=O)N[C@H]1CCC(N2CCC(n3ncc(-c4cc(OC)c5c(C#N)cnn5c4)c3C)CC2)C1. The number of hydrogen-bond donors (Lipinski definition) is 1. The number of likely N-dealkylation sites (tertiary alicyclic amines) is 1. The van der Waals surface area contributed by atoms with E-state index in [1.165, 1.54) is 6.08 Å². The van der Waals surface area contributed by atoms with Crippen molar-refractivity contribution in [2.24, 2.45) is 0 Å². The van der Waals surface area contributed by atoms with Crippen LogP contribution in [0.5, 0.6) is 5.75 Å². The fourth-order valence-electron chi connectivity index (χ4n) is 5.72. The van der Waals surface area contributed by atoms with Crippen molar-refractivity contribution < 1.29 is 9.53 Å². The molecule has 2 fully saturated rings. The van der Waals surface area contributed by atoms with Crippen LogP contribution in [0.2, 0.25) is 0 Å². The Labute approximate surface area is 205 Å². The molecular formula is C26H31N7O2. The number of fused-ring (bicyclic) bond motifs is 1. The number of aromatic nitrogens is 4. The molecule has 2 atom stereocenters. The van der Waals surface area contributed by atoms with Gasteiger partial charge in [-0.25, -0.2) is 4.52 Å². The highest BCUT2D eigenvalue weighted by Crippen LogP contribution is 2.34. The number of pyridine rings is 1. The zero-order valence-corrected chi connectivity index (χ0v) is 20.3. The van der Waals surface area contributed by atoms with Crippen LogP contribution in [-0.2, 0) is 4.79 Å². The maximum absolute atomic E-state index is 11.6. The summed E-state index contributed by atoms with van der Waals surface area (Å²) in [5.41, 5.74) is 4.28. The summed E-state index contributed by atoms with van der Waals surface area (Å²) in [5.74, 6) is 0.547. The van der Waals surface area contributed by atoms with Crippen molar-refractivity contribution in [2.75, 3.05) is 20.2 Å². The third-order valence-electron chi connectivity index (χ3n) is 7.57. The number of piperidine rings is 1. The molecule has 1 unspecified atom stereocenters. The molecule has 0 bridgehead atoms. The highest BCUT2D eigenvalue weighted by Gasteiger charge is 2.33. The molecule has 1 aliphatic heterocycles. The van der Waals surface area contributed by atoms with Gasteiger partial charge in [-0.1, -0.05) is 6.58 Å². The summed E-state index contributed by atoms with van der Waals surface area (Å²) in [4.78, 5) is 14.2. The number of rotatable bonds is 6. The summed E-state index contributed by atoms with van der Waals surface area (Å²) >= 11 is 0. The van der Waals surface area contributed by atoms with Crippen molar-refractivity contribution >= 4 is 11.4 Å². The second-order valence-electron chi connectivity index (χ2n) is 9.49. The second kappa shape index (κ2) is 9.55. The maximum Gasteiger partial charge on any atom is 0.243 e. The molecule has 1 aliphatic carbocycles. The van der Waals surface area contributed by atoms with Crippen molar-refractivity contribution in [1.29, 1.82) is 5.26 Å². The van der Waals surface area contributed by atoms with Gasteiger partial charge in [0.15, 0.2) is 0 Å². The molecule has 1 saturated carbocycles. The van der Waals surface area contributed by atoms with Gasteiger partial charge in [-0.3, -0.25) is 9.48 Å². The highest BCUT2D eigenvalue weighted by atomic mass is 16.5. The molecule has 2 aliphatic rings. The lowest BCUT2D eigenvalue weighted by Crippen LogP contribution is -2.42. The highest BCUT2D eigenvalue weighted by molar-refractivity contribution is 5.87. The number of amides is 1. The van der Waals surface area contributed by atoms with Crippen LogP contribution in [0.15, 0.2) is 37.3 Å². The van der Waals surface area contributed by atoms with E-state index in [9.17, 15) is 10.1 Å². The summed E-state index contributed by atoms with van der Waals surface area (Å²) in [5, 5.41) is 21.5. The van der Waals surface area contributed by atoms with E-state index in [0.29, 0.717) is 28.9 Å². The van der Waals surface area contributed by atoms with E-state index in [2.05, 4.69) is 39.6 Å². The molecule has 3 aromatic heterocycles. The van der Waals surface area contributed by atoms with Crippen molar-refractivity contribution in [3.63, 3.8) is 0 Å². The van der Waals surface area contributed by atoms with Gasteiger partial charge in [0, 0.05) is 48.2 Å². The van der Waals surface area contributed by atoms with Crippen LogP contribution in [0.4, 0.5) is 0 Å². The molecule has 3 aromatic rings. The molecule has 0 aromatic carbocycles. The first kappa shape index (κ1) is 23.1. The lowest BCUT2D eigenvalue weighted by molar-refractivity contribution is -0.117. The van der Waals surface area contributed by atoms with Crippen LogP contribution in [-0.4, -0.2) is 62.5 Å². The Bertz CT molecular complexity index is 1290. The average Bonchev–Trinajstić information content (AvgIpc) is 3.61. The van der Waals surface area contributed by atoms with Crippen molar-refractivity contribution in [2.45, 2.75) is 57.2 Å². The first-order chi connectivity index (χ1) is 17.0. The largest absolute Gasteiger partial charge is 0.494 e. The normalized spacial score (nSPS) is 21.2. The van der Waals surface area contributed by atoms with E-state index in [-0.39, 0.29) is 11.9 Å². The third-order valence-corrected chi connectivity index (χ3v) is 7.57. The molecule has 1 saturated heterocycles. The standard InChI is InChI=1S/C26H31N7O2/c1-4-25(34)30-20-5-6-22(12-20)31-9-7-21(8-10-31)33-17(2)23(15-29-33)18-11-24(35-3)26-19(13-27)14-28-32(26)16-18/h4,11,14-16,20-22H,1,5-10,12H2,2-3H3,(H,30,34)/t20-,22?/m0/s1. The summed E-state index contributed by atoms with van der Waals surface area (Å²) in [7, 11) is 1.61. The Morgan fingerprint density at radius 1 is 1.23 bits per heavy atom. The van der Waals surface area contributed by atoms with E-state index >= 15 is 0 Å². The van der Waals surface area contributed by atoms with Crippen LogP contribution < -0.4 is 10.1 Å². The Kier molecular flexibility index (Phi) is 6.31. The summed E-state index contributed by atoms with van der Waals surface area (Å²) < 4.78 is 9.44. The predicted molar refractivity (Wildman–Crippen MR) is 132 cm³/mol. The van der Waals surface area contributed by atoms with Gasteiger partial charge in [-0.15, -0.1) is 0 Å². The minimum atomic E-state index is -0.0749. The van der Waals surface area contributed by atoms with E-state index in [1.807, 2.05) is 18.5 Å². The minimum absolute atomic E-state index is 0.0749. The molecule has 1 amide bonds. The van der Waals surface area contributed by atoms with Crippen molar-refractivity contribution in [1.82, 2.24) is 29.6 Å². The topological polar surface area (TPSA) is 100 Å². The zero-order valence-electron chi connectivity index (χ0n) is 20.3. The summed E-state index contributed by atoms with van der Waals surface area (Å²) in [6.07, 6.45) is 12.0. The van der Waals surface area contributed by atoms with Gasteiger partial charge in [-0.2, -0.15) is 15.5 Å². The smallest absolute Gasteiger partial charge is 0.243 e. The van der Waals surface area contributed by atoms with Crippen LogP contribution in [0.1, 0.15) is 49.4 Å². The Hall–Kier alpha value is -3.64. The number of nitriles is 1. The van der Waals surface area contributed by atoms with E-state index < -0.39 is 0 Å². The number of hydrogen-bond acceptors (Lipinski definition) is 6. The van der Waals surface area contributed by atoms with Crippen LogP contribution in [0, 0.1) is 18.3 Å². The van der Waals surface area contributed by atoms with Crippen molar-refractivity contribution in [3.8, 4) is 22.9 Å². The van der Waals surface area contributed by atoms with E-state index in [1.54, 1.807) is 17.8 Å². The fraction of sp³-hybridized carbons (Fsp3) is 0.462. The summed E-state index contributed by atoms with van der Waals surface area (Å²) in [6, 6.07) is 5.28. The van der Waals surface area contributed by atoms with Gasteiger partial charge in [0.1, 0.15) is 22.9 Å². The molecule has 5 rings (SSSR count). The van der Waals surface area contributed by atoms with Crippen LogP contribution in [0.3, 0.4) is 0 Å². The van der Waals surface area contributed by atoms with Crippen LogP contribution in [0.25, 0.3) is 16.6 Å². The number of nitrogens with one attached hydrogen (secondary N) is 1. The first-order valence-corrected chi connectivity index (χ1v) is 12.2. The number of carbonyl (C=O) groups is 1. The van der Waals surface area contributed by atoms with Gasteiger partial charge in [0.05, 0.1) is 25.5 Å².